The number of amides is 1. The molecule has 0 unspecified atom stereocenters. The lowest BCUT2D eigenvalue weighted by atomic mass is 10.3. The van der Waals surface area contributed by atoms with Gasteiger partial charge in [-0.2, -0.15) is 8.78 Å². The molecule has 0 N–H and O–H groups in total. The van der Waals surface area contributed by atoms with Gasteiger partial charge in [0.25, 0.3) is 5.91 Å². The fraction of sp³-hybridized carbons (Fsp3) is 0.857. The lowest BCUT2D eigenvalue weighted by Gasteiger charge is -2.14. The Morgan fingerprint density at radius 2 is 2.33 bits per heavy atom. The van der Waals surface area contributed by atoms with E-state index in [0.717, 1.165) is 4.90 Å². The second-order valence-electron chi connectivity index (χ2n) is 2.73. The molecule has 3 nitrogen and oxygen atoms in total. The standard InChI is InChI=1S/C7H11F2NO2/c1-12-5-2-3-10(4-5)7(11)6(8)9/h5-6H,2-4H2,1H3/t5-/m0/s1. The van der Waals surface area contributed by atoms with Crippen LogP contribution in [0.15, 0.2) is 0 Å². The maximum Gasteiger partial charge on any atom is 0.315 e. The quantitative estimate of drug-likeness (QED) is 0.617. The number of carbonyl (C=O) groups excluding carboxylic acids is 1. The molecule has 5 heteroatoms. The number of rotatable bonds is 2. The summed E-state index contributed by atoms with van der Waals surface area (Å²) >= 11 is 0. The summed E-state index contributed by atoms with van der Waals surface area (Å²) in [6.45, 7) is 0.668. The minimum Gasteiger partial charge on any atom is -0.380 e. The van der Waals surface area contributed by atoms with Crippen molar-refractivity contribution in [2.24, 2.45) is 0 Å². The second-order valence-corrected chi connectivity index (χ2v) is 2.73. The van der Waals surface area contributed by atoms with Crippen molar-refractivity contribution in [1.82, 2.24) is 4.90 Å². The van der Waals surface area contributed by atoms with E-state index < -0.39 is 12.3 Å². The first kappa shape index (κ1) is 9.38. The summed E-state index contributed by atoms with van der Waals surface area (Å²) in [5.74, 6) is -1.09. The zero-order valence-corrected chi connectivity index (χ0v) is 6.80. The van der Waals surface area contributed by atoms with Crippen molar-refractivity contribution in [2.75, 3.05) is 20.2 Å². The molecule has 0 aliphatic carbocycles. The Morgan fingerprint density at radius 3 is 2.75 bits per heavy atom. The van der Waals surface area contributed by atoms with Gasteiger partial charge in [0.1, 0.15) is 0 Å². The van der Waals surface area contributed by atoms with Crippen molar-refractivity contribution >= 4 is 5.91 Å². The van der Waals surface area contributed by atoms with Gasteiger partial charge in [-0.1, -0.05) is 0 Å². The first-order valence-electron chi connectivity index (χ1n) is 3.75. The number of carbonyl (C=O) groups is 1. The fourth-order valence-corrected chi connectivity index (χ4v) is 1.26. The molecule has 0 radical (unpaired) electrons. The predicted octanol–water partition coefficient (Wildman–Crippen LogP) is 0.499. The molecule has 1 fully saturated rings. The molecule has 1 aliphatic rings. The lowest BCUT2D eigenvalue weighted by molar-refractivity contribution is -0.142. The summed E-state index contributed by atoms with van der Waals surface area (Å²) in [7, 11) is 1.51. The number of nitrogens with zero attached hydrogens (tertiary/aromatic N) is 1. The Kier molecular flexibility index (Phi) is 2.97. The summed E-state index contributed by atoms with van der Waals surface area (Å²) < 4.78 is 28.7. The highest BCUT2D eigenvalue weighted by Gasteiger charge is 2.30. The molecule has 0 saturated carbocycles. The third-order valence-corrected chi connectivity index (χ3v) is 1.98. The van der Waals surface area contributed by atoms with Crippen molar-refractivity contribution in [2.45, 2.75) is 19.0 Å². The van der Waals surface area contributed by atoms with Crippen LogP contribution in [-0.2, 0) is 9.53 Å². The van der Waals surface area contributed by atoms with E-state index in [1.54, 1.807) is 0 Å². The predicted molar refractivity (Wildman–Crippen MR) is 38.0 cm³/mol. The largest absolute Gasteiger partial charge is 0.380 e. The molecule has 1 atom stereocenters. The number of hydrogen-bond donors (Lipinski definition) is 0. The first-order chi connectivity index (χ1) is 5.65. The maximum atomic E-state index is 11.9. The van der Waals surface area contributed by atoms with E-state index >= 15 is 0 Å². The number of halogens is 2. The SMILES string of the molecule is CO[C@H]1CCN(C(=O)C(F)F)C1. The third kappa shape index (κ3) is 1.91. The summed E-state index contributed by atoms with van der Waals surface area (Å²) in [6, 6.07) is 0. The van der Waals surface area contributed by atoms with Gasteiger partial charge in [0.05, 0.1) is 6.10 Å². The molecule has 1 amide bonds. The molecule has 1 heterocycles. The highest BCUT2D eigenvalue weighted by molar-refractivity contribution is 5.79. The lowest BCUT2D eigenvalue weighted by Crippen LogP contribution is -2.34. The van der Waals surface area contributed by atoms with Crippen molar-refractivity contribution < 1.29 is 18.3 Å². The van der Waals surface area contributed by atoms with Crippen LogP contribution >= 0.6 is 0 Å². The molecule has 1 rings (SSSR count). The maximum absolute atomic E-state index is 11.9. The molecule has 1 aliphatic heterocycles. The minimum atomic E-state index is -2.89. The molecule has 1 saturated heterocycles. The Labute approximate surface area is 69.3 Å². The Balaban J connectivity index is 2.41. The van der Waals surface area contributed by atoms with Crippen molar-refractivity contribution in [1.29, 1.82) is 0 Å². The van der Waals surface area contributed by atoms with Crippen LogP contribution in [0, 0.1) is 0 Å². The van der Waals surface area contributed by atoms with Crippen LogP contribution in [-0.4, -0.2) is 43.5 Å². The first-order valence-corrected chi connectivity index (χ1v) is 3.75. The molecular weight excluding hydrogens is 168 g/mol. The van der Waals surface area contributed by atoms with Crippen molar-refractivity contribution in [3.8, 4) is 0 Å². The zero-order valence-electron chi connectivity index (χ0n) is 6.80. The van der Waals surface area contributed by atoms with E-state index in [4.69, 9.17) is 4.74 Å². The molecule has 0 bridgehead atoms. The van der Waals surface area contributed by atoms with Crippen LogP contribution in [0.25, 0.3) is 0 Å². The van der Waals surface area contributed by atoms with Crippen molar-refractivity contribution in [3.63, 3.8) is 0 Å². The van der Waals surface area contributed by atoms with Gasteiger partial charge in [0, 0.05) is 20.2 Å². The monoisotopic (exact) mass is 179 g/mol. The number of alkyl halides is 2. The van der Waals surface area contributed by atoms with E-state index in [-0.39, 0.29) is 6.10 Å². The number of ether oxygens (including phenoxy) is 1. The van der Waals surface area contributed by atoms with Crippen LogP contribution in [0.1, 0.15) is 6.42 Å². The van der Waals surface area contributed by atoms with E-state index in [2.05, 4.69) is 0 Å². The number of likely N-dealkylation sites (tertiary alicyclic amines) is 1. The van der Waals surface area contributed by atoms with Gasteiger partial charge in [-0.15, -0.1) is 0 Å². The van der Waals surface area contributed by atoms with E-state index in [1.165, 1.54) is 7.11 Å². The van der Waals surface area contributed by atoms with Crippen LogP contribution in [0.5, 0.6) is 0 Å². The van der Waals surface area contributed by atoms with Crippen LogP contribution in [0.4, 0.5) is 8.78 Å². The second kappa shape index (κ2) is 3.80. The molecule has 0 aromatic carbocycles. The van der Waals surface area contributed by atoms with Gasteiger partial charge >= 0.3 is 6.43 Å². The minimum absolute atomic E-state index is 0.0762. The van der Waals surface area contributed by atoms with E-state index in [1.807, 2.05) is 0 Å². The zero-order chi connectivity index (χ0) is 9.14. The highest BCUT2D eigenvalue weighted by Crippen LogP contribution is 2.13. The number of methoxy groups -OCH3 is 1. The van der Waals surface area contributed by atoms with Gasteiger partial charge in [-0.3, -0.25) is 4.79 Å². The normalized spacial score (nSPS) is 23.7. The highest BCUT2D eigenvalue weighted by atomic mass is 19.3. The summed E-state index contributed by atoms with van der Waals surface area (Å²) in [6.07, 6.45) is -2.32. The fourth-order valence-electron chi connectivity index (χ4n) is 1.26. The van der Waals surface area contributed by atoms with Gasteiger partial charge in [0.15, 0.2) is 0 Å². The summed E-state index contributed by atoms with van der Waals surface area (Å²) in [4.78, 5) is 11.9. The van der Waals surface area contributed by atoms with E-state index in [0.29, 0.717) is 19.5 Å². The number of hydrogen-bond acceptors (Lipinski definition) is 2. The molecule has 0 aromatic heterocycles. The Hall–Kier alpha value is -0.710. The molecule has 70 valence electrons. The van der Waals surface area contributed by atoms with Crippen LogP contribution in [0.3, 0.4) is 0 Å². The van der Waals surface area contributed by atoms with Crippen LogP contribution < -0.4 is 0 Å². The smallest absolute Gasteiger partial charge is 0.315 e. The molecule has 0 aromatic rings. The Morgan fingerprint density at radius 1 is 1.67 bits per heavy atom. The van der Waals surface area contributed by atoms with Crippen LogP contribution in [0.2, 0.25) is 0 Å². The van der Waals surface area contributed by atoms with Crippen molar-refractivity contribution in [3.05, 3.63) is 0 Å². The third-order valence-electron chi connectivity index (χ3n) is 1.98. The molecule has 12 heavy (non-hydrogen) atoms. The summed E-state index contributed by atoms with van der Waals surface area (Å²) in [5, 5.41) is 0. The average molecular weight is 179 g/mol. The Bertz CT molecular complexity index is 175. The molecule has 0 spiro atoms. The van der Waals surface area contributed by atoms with E-state index in [9.17, 15) is 13.6 Å². The average Bonchev–Trinajstić information content (AvgIpc) is 2.50. The topological polar surface area (TPSA) is 29.5 Å². The van der Waals surface area contributed by atoms with Gasteiger partial charge in [0.2, 0.25) is 0 Å². The summed E-state index contributed by atoms with van der Waals surface area (Å²) in [5.41, 5.74) is 0. The van der Waals surface area contributed by atoms with Gasteiger partial charge in [-0.25, -0.2) is 0 Å². The molecular formula is C7H11F2NO2. The van der Waals surface area contributed by atoms with Gasteiger partial charge < -0.3 is 9.64 Å². The van der Waals surface area contributed by atoms with Gasteiger partial charge in [-0.05, 0) is 6.42 Å².